The van der Waals surface area contributed by atoms with E-state index < -0.39 is 10.0 Å². The number of primary sulfonamides is 1. The van der Waals surface area contributed by atoms with E-state index in [0.29, 0.717) is 12.4 Å². The van der Waals surface area contributed by atoms with Gasteiger partial charge in [0.25, 0.3) is 0 Å². The first-order chi connectivity index (χ1) is 9.89. The van der Waals surface area contributed by atoms with E-state index in [2.05, 4.69) is 4.90 Å². The molecule has 21 heavy (non-hydrogen) atoms. The molecule has 0 saturated carbocycles. The molecule has 1 fully saturated rings. The number of halogens is 2. The van der Waals surface area contributed by atoms with Gasteiger partial charge in [0, 0.05) is 6.54 Å². The van der Waals surface area contributed by atoms with Crippen molar-refractivity contribution in [3.8, 4) is 5.75 Å². The fourth-order valence-electron chi connectivity index (χ4n) is 2.32. The molecule has 2 N–H and O–H groups in total. The Bertz CT molecular complexity index is 602. The molecule has 2 rings (SSSR count). The number of hydrogen-bond donors (Lipinski definition) is 1. The normalized spacial score (nSPS) is 16.3. The van der Waals surface area contributed by atoms with Crippen molar-refractivity contribution in [2.24, 2.45) is 5.14 Å². The van der Waals surface area contributed by atoms with Gasteiger partial charge in [-0.1, -0.05) is 23.2 Å². The summed E-state index contributed by atoms with van der Waals surface area (Å²) >= 11 is 11.9. The van der Waals surface area contributed by atoms with Gasteiger partial charge in [-0.25, -0.2) is 13.6 Å². The smallest absolute Gasteiger partial charge is 0.239 e. The highest BCUT2D eigenvalue weighted by molar-refractivity contribution is 7.89. The number of likely N-dealkylation sites (tertiary alicyclic amines) is 1. The minimum absolute atomic E-state index is 0.0735. The Morgan fingerprint density at radius 2 is 1.86 bits per heavy atom. The van der Waals surface area contributed by atoms with E-state index in [1.54, 1.807) is 0 Å². The van der Waals surface area contributed by atoms with E-state index in [4.69, 9.17) is 33.1 Å². The number of nitrogens with two attached hydrogens (primary N) is 1. The van der Waals surface area contributed by atoms with Gasteiger partial charge in [-0.05, 0) is 44.5 Å². The molecule has 0 aliphatic carbocycles. The third-order valence-electron chi connectivity index (χ3n) is 3.39. The topological polar surface area (TPSA) is 72.6 Å². The Kier molecular flexibility index (Phi) is 5.73. The summed E-state index contributed by atoms with van der Waals surface area (Å²) in [6, 6.07) is 2.78. The van der Waals surface area contributed by atoms with Crippen LogP contribution in [0.1, 0.15) is 19.3 Å². The highest BCUT2D eigenvalue weighted by atomic mass is 35.5. The van der Waals surface area contributed by atoms with Gasteiger partial charge in [-0.2, -0.15) is 0 Å². The lowest BCUT2D eigenvalue weighted by atomic mass is 10.3. The minimum atomic E-state index is -3.89. The Balaban J connectivity index is 1.93. The van der Waals surface area contributed by atoms with Crippen LogP contribution in [0.3, 0.4) is 0 Å². The maximum atomic E-state index is 11.3. The summed E-state index contributed by atoms with van der Waals surface area (Å²) in [6.07, 6.45) is 3.40. The molecule has 1 saturated heterocycles. The van der Waals surface area contributed by atoms with Gasteiger partial charge in [-0.3, -0.25) is 0 Å². The number of nitrogens with zero attached hydrogens (tertiary/aromatic N) is 1. The van der Waals surface area contributed by atoms with Crippen LogP contribution in [0.5, 0.6) is 5.75 Å². The monoisotopic (exact) mass is 352 g/mol. The first kappa shape index (κ1) is 16.8. The van der Waals surface area contributed by atoms with Crippen LogP contribution < -0.4 is 9.88 Å². The van der Waals surface area contributed by atoms with E-state index in [1.165, 1.54) is 25.0 Å². The summed E-state index contributed by atoms with van der Waals surface area (Å²) in [4.78, 5) is 2.20. The predicted molar refractivity (Wildman–Crippen MR) is 83.6 cm³/mol. The van der Waals surface area contributed by atoms with Crippen molar-refractivity contribution >= 4 is 33.2 Å². The molecule has 1 heterocycles. The number of hydrogen-bond acceptors (Lipinski definition) is 4. The van der Waals surface area contributed by atoms with Gasteiger partial charge in [-0.15, -0.1) is 0 Å². The molecule has 5 nitrogen and oxygen atoms in total. The molecule has 1 aromatic carbocycles. The highest BCUT2D eigenvalue weighted by Gasteiger charge is 2.18. The molecule has 118 valence electrons. The first-order valence-electron chi connectivity index (χ1n) is 6.75. The van der Waals surface area contributed by atoms with Crippen molar-refractivity contribution in [1.29, 1.82) is 0 Å². The third kappa shape index (κ3) is 4.47. The summed E-state index contributed by atoms with van der Waals surface area (Å²) in [5.74, 6) is 0.371. The van der Waals surface area contributed by atoms with Crippen LogP contribution in [-0.4, -0.2) is 39.6 Å². The number of ether oxygens (including phenoxy) is 1. The largest absolute Gasteiger partial charge is 0.492 e. The second-order valence-electron chi connectivity index (χ2n) is 4.99. The second kappa shape index (κ2) is 7.15. The average molecular weight is 353 g/mol. The average Bonchev–Trinajstić information content (AvgIpc) is 2.91. The quantitative estimate of drug-likeness (QED) is 0.798. The number of sulfonamides is 1. The Morgan fingerprint density at radius 3 is 2.48 bits per heavy atom. The zero-order chi connectivity index (χ0) is 15.5. The van der Waals surface area contributed by atoms with E-state index in [1.807, 2.05) is 0 Å². The second-order valence-corrected chi connectivity index (χ2v) is 7.27. The van der Waals surface area contributed by atoms with Crippen LogP contribution in [0.2, 0.25) is 10.0 Å². The van der Waals surface area contributed by atoms with Crippen LogP contribution in [0.4, 0.5) is 0 Å². The molecule has 0 spiro atoms. The van der Waals surface area contributed by atoms with Gasteiger partial charge in [0.15, 0.2) is 0 Å². The predicted octanol–water partition coefficient (Wildman–Crippen LogP) is 2.51. The first-order valence-corrected chi connectivity index (χ1v) is 9.06. The maximum Gasteiger partial charge on any atom is 0.239 e. The molecular formula is C13H18Cl2N2O3S. The summed E-state index contributed by atoms with van der Waals surface area (Å²) < 4.78 is 28.2. The fraction of sp³-hybridized carbons (Fsp3) is 0.538. The standard InChI is InChI=1S/C13H18Cl2N2O3S/c14-12-10(4-5-11(13(12)15)21(16,18)19)20-9-3-8-17-6-1-2-7-17/h4-5H,1-3,6-9H2,(H2,16,18,19). The lowest BCUT2D eigenvalue weighted by Gasteiger charge is -2.15. The van der Waals surface area contributed by atoms with E-state index in [0.717, 1.165) is 26.1 Å². The zero-order valence-electron chi connectivity index (χ0n) is 11.5. The van der Waals surface area contributed by atoms with Gasteiger partial charge in [0.2, 0.25) is 10.0 Å². The zero-order valence-corrected chi connectivity index (χ0v) is 13.8. The van der Waals surface area contributed by atoms with Crippen LogP contribution in [0.25, 0.3) is 0 Å². The van der Waals surface area contributed by atoms with Crippen LogP contribution >= 0.6 is 23.2 Å². The van der Waals surface area contributed by atoms with E-state index in [9.17, 15) is 8.42 Å². The SMILES string of the molecule is NS(=O)(=O)c1ccc(OCCCN2CCCC2)c(Cl)c1Cl. The molecule has 0 radical (unpaired) electrons. The molecule has 1 aromatic rings. The summed E-state index contributed by atoms with van der Waals surface area (Å²) in [6.45, 7) is 3.78. The molecule has 0 amide bonds. The molecular weight excluding hydrogens is 335 g/mol. The van der Waals surface area contributed by atoms with Gasteiger partial charge < -0.3 is 9.64 Å². The van der Waals surface area contributed by atoms with Crippen molar-refractivity contribution in [2.75, 3.05) is 26.2 Å². The lowest BCUT2D eigenvalue weighted by molar-refractivity contribution is 0.263. The molecule has 1 aliphatic heterocycles. The Hall–Kier alpha value is -0.530. The molecule has 0 atom stereocenters. The van der Waals surface area contributed by atoms with Gasteiger partial charge in [0.1, 0.15) is 15.7 Å². The Labute approximate surface area is 135 Å². The molecule has 0 unspecified atom stereocenters. The van der Waals surface area contributed by atoms with Crippen molar-refractivity contribution in [3.63, 3.8) is 0 Å². The highest BCUT2D eigenvalue weighted by Crippen LogP contribution is 2.36. The van der Waals surface area contributed by atoms with Crippen molar-refractivity contribution in [2.45, 2.75) is 24.2 Å². The molecule has 0 bridgehead atoms. The van der Waals surface area contributed by atoms with Crippen molar-refractivity contribution in [1.82, 2.24) is 4.90 Å². The Morgan fingerprint density at radius 1 is 1.19 bits per heavy atom. The van der Waals surface area contributed by atoms with Crippen LogP contribution in [-0.2, 0) is 10.0 Å². The molecule has 0 aromatic heterocycles. The summed E-state index contributed by atoms with van der Waals surface area (Å²) in [5.41, 5.74) is 0. The number of rotatable bonds is 6. The van der Waals surface area contributed by atoms with Crippen LogP contribution in [0.15, 0.2) is 17.0 Å². The number of benzene rings is 1. The molecule has 1 aliphatic rings. The van der Waals surface area contributed by atoms with Crippen LogP contribution in [0, 0.1) is 0 Å². The minimum Gasteiger partial charge on any atom is -0.492 e. The van der Waals surface area contributed by atoms with Crippen molar-refractivity contribution < 1.29 is 13.2 Å². The van der Waals surface area contributed by atoms with Crippen molar-refractivity contribution in [3.05, 3.63) is 22.2 Å². The van der Waals surface area contributed by atoms with E-state index >= 15 is 0 Å². The maximum absolute atomic E-state index is 11.3. The van der Waals surface area contributed by atoms with E-state index in [-0.39, 0.29) is 14.9 Å². The van der Waals surface area contributed by atoms with Gasteiger partial charge in [0.05, 0.1) is 11.6 Å². The molecule has 8 heteroatoms. The summed E-state index contributed by atoms with van der Waals surface area (Å²) in [5, 5.41) is 5.02. The third-order valence-corrected chi connectivity index (χ3v) is 5.32. The summed E-state index contributed by atoms with van der Waals surface area (Å²) in [7, 11) is -3.89. The van der Waals surface area contributed by atoms with Gasteiger partial charge >= 0.3 is 0 Å². The lowest BCUT2D eigenvalue weighted by Crippen LogP contribution is -2.22. The fourth-order valence-corrected chi connectivity index (χ4v) is 3.69.